The second kappa shape index (κ2) is 9.92. The molecule has 0 bridgehead atoms. The number of guanidine groups is 1. The molecule has 1 aromatic rings. The number of carbonyl (C=O) groups excluding carboxylic acids is 1. The first-order valence-corrected chi connectivity index (χ1v) is 9.92. The van der Waals surface area contributed by atoms with Crippen LogP contribution >= 0.6 is 0 Å². The number of nitrogens with one attached hydrogen (secondary N) is 3. The number of carbonyl (C=O) groups is 1. The number of alkyl halides is 1. The van der Waals surface area contributed by atoms with Crippen molar-refractivity contribution in [1.82, 2.24) is 20.6 Å². The fourth-order valence-corrected chi connectivity index (χ4v) is 3.04. The van der Waals surface area contributed by atoms with Crippen molar-refractivity contribution in [1.29, 1.82) is 0 Å². The van der Waals surface area contributed by atoms with Crippen LogP contribution in [0.1, 0.15) is 26.7 Å². The zero-order chi connectivity index (χ0) is 22.4. The number of halogens is 1. The lowest BCUT2D eigenvalue weighted by Crippen LogP contribution is -2.36. The van der Waals surface area contributed by atoms with Crippen LogP contribution in [0.3, 0.4) is 0 Å². The Morgan fingerprint density at radius 2 is 2.19 bits per heavy atom. The van der Waals surface area contributed by atoms with E-state index in [2.05, 4.69) is 53.9 Å². The summed E-state index contributed by atoms with van der Waals surface area (Å²) in [6, 6.07) is 1.50. The highest BCUT2D eigenvalue weighted by Crippen LogP contribution is 2.34. The Morgan fingerprint density at radius 1 is 1.42 bits per heavy atom. The average molecular weight is 427 g/mol. The number of hydrogen-bond donors (Lipinski definition) is 4. The Kier molecular flexibility index (Phi) is 7.06. The molecule has 1 fully saturated rings. The summed E-state index contributed by atoms with van der Waals surface area (Å²) in [6.07, 6.45) is 6.26. The van der Waals surface area contributed by atoms with Crippen molar-refractivity contribution in [3.8, 4) is 0 Å². The second-order valence-electron chi connectivity index (χ2n) is 7.07. The largest absolute Gasteiger partial charge is 0.390 e. The Hall–Kier alpha value is -3.63. The van der Waals surface area contributed by atoms with E-state index < -0.39 is 18.0 Å². The molecule has 0 saturated heterocycles. The maximum Gasteiger partial charge on any atom is 0.231 e. The summed E-state index contributed by atoms with van der Waals surface area (Å²) in [5, 5.41) is 8.97. The van der Waals surface area contributed by atoms with Gasteiger partial charge in [0.2, 0.25) is 11.9 Å². The number of aliphatic imine (C=N–C) groups is 3. The quantitative estimate of drug-likeness (QED) is 0.401. The van der Waals surface area contributed by atoms with Gasteiger partial charge in [0.1, 0.15) is 18.3 Å². The molecule has 10 nitrogen and oxygen atoms in total. The van der Waals surface area contributed by atoms with Crippen LogP contribution in [0.2, 0.25) is 0 Å². The molecule has 11 heteroatoms. The van der Waals surface area contributed by atoms with Gasteiger partial charge in [0.15, 0.2) is 5.82 Å². The highest BCUT2D eigenvalue weighted by molar-refractivity contribution is 5.95. The van der Waals surface area contributed by atoms with Crippen LogP contribution < -0.4 is 21.7 Å². The molecule has 3 unspecified atom stereocenters. The summed E-state index contributed by atoms with van der Waals surface area (Å²) < 4.78 is 13.1. The van der Waals surface area contributed by atoms with Crippen LogP contribution in [-0.2, 0) is 4.79 Å². The van der Waals surface area contributed by atoms with Crippen LogP contribution in [0.25, 0.3) is 0 Å². The molecular weight excluding hydrogens is 401 g/mol. The van der Waals surface area contributed by atoms with Crippen LogP contribution in [0.5, 0.6) is 0 Å². The number of amides is 1. The Morgan fingerprint density at radius 3 is 2.81 bits per heavy atom. The summed E-state index contributed by atoms with van der Waals surface area (Å²) in [5.74, 6) is -0.339. The van der Waals surface area contributed by atoms with E-state index in [4.69, 9.17) is 5.73 Å². The van der Waals surface area contributed by atoms with E-state index in [0.29, 0.717) is 0 Å². The third-order valence-electron chi connectivity index (χ3n) is 4.87. The van der Waals surface area contributed by atoms with Crippen molar-refractivity contribution >= 4 is 35.6 Å². The van der Waals surface area contributed by atoms with Gasteiger partial charge in [-0.25, -0.2) is 19.4 Å². The lowest BCUT2D eigenvalue weighted by molar-refractivity contribution is -0.117. The lowest BCUT2D eigenvalue weighted by atomic mass is 10.0. The SMILES string of the molecule is CCC(=NC)C1C=C(C)C(NC(=Nc2cc(NC(=O)C3CC3F)ncn2)/N=C\N)=CN1. The van der Waals surface area contributed by atoms with Crippen molar-refractivity contribution < 1.29 is 9.18 Å². The fraction of sp³-hybridized carbons (Fsp3) is 0.400. The minimum atomic E-state index is -1.08. The van der Waals surface area contributed by atoms with Gasteiger partial charge in [-0.05, 0) is 25.3 Å². The van der Waals surface area contributed by atoms with Gasteiger partial charge in [-0.3, -0.25) is 9.79 Å². The van der Waals surface area contributed by atoms with Gasteiger partial charge in [-0.1, -0.05) is 13.0 Å². The molecule has 164 valence electrons. The van der Waals surface area contributed by atoms with E-state index in [1.807, 2.05) is 13.1 Å². The number of aromatic nitrogens is 2. The first kappa shape index (κ1) is 22.1. The summed E-state index contributed by atoms with van der Waals surface area (Å²) in [7, 11) is 1.78. The topological polar surface area (TPSA) is 142 Å². The molecule has 31 heavy (non-hydrogen) atoms. The monoisotopic (exact) mass is 427 g/mol. The molecule has 2 heterocycles. The molecule has 0 spiro atoms. The molecule has 0 radical (unpaired) electrons. The predicted octanol–water partition coefficient (Wildman–Crippen LogP) is 1.58. The maximum absolute atomic E-state index is 13.1. The molecule has 5 N–H and O–H groups in total. The maximum atomic E-state index is 13.1. The summed E-state index contributed by atoms with van der Waals surface area (Å²) >= 11 is 0. The van der Waals surface area contributed by atoms with Crippen LogP contribution in [0.15, 0.2) is 50.9 Å². The molecule has 1 amide bonds. The summed E-state index contributed by atoms with van der Waals surface area (Å²) in [4.78, 5) is 32.7. The predicted molar refractivity (Wildman–Crippen MR) is 119 cm³/mol. The van der Waals surface area contributed by atoms with E-state index in [9.17, 15) is 9.18 Å². The van der Waals surface area contributed by atoms with E-state index >= 15 is 0 Å². The fourth-order valence-electron chi connectivity index (χ4n) is 3.04. The standard InChI is InChI=1S/C20H26FN9O/c1-4-14(23-3)15-5-11(2)16(8-24-15)28-20(25-9-22)30-18-7-17(26-10-27-18)29-19(31)12-6-13(12)21/h5,7-10,12-13,15,24H,4,6H2,1-3H3,(H4,22,25,26,27,28,29,30,31). The zero-order valence-corrected chi connectivity index (χ0v) is 17.6. The van der Waals surface area contributed by atoms with Gasteiger partial charge in [0.25, 0.3) is 0 Å². The van der Waals surface area contributed by atoms with Gasteiger partial charge < -0.3 is 21.7 Å². The minimum Gasteiger partial charge on any atom is -0.390 e. The number of nitrogens with two attached hydrogens (primary N) is 1. The van der Waals surface area contributed by atoms with E-state index in [0.717, 1.165) is 29.7 Å². The van der Waals surface area contributed by atoms with E-state index in [1.54, 1.807) is 7.05 Å². The number of rotatable bonds is 6. The third-order valence-corrected chi connectivity index (χ3v) is 4.87. The van der Waals surface area contributed by atoms with Crippen molar-refractivity contribution in [3.05, 3.63) is 35.9 Å². The van der Waals surface area contributed by atoms with Crippen molar-refractivity contribution in [2.24, 2.45) is 26.6 Å². The molecule has 1 aliphatic carbocycles. The van der Waals surface area contributed by atoms with Gasteiger partial charge in [-0.15, -0.1) is 0 Å². The first-order valence-electron chi connectivity index (χ1n) is 9.92. The van der Waals surface area contributed by atoms with E-state index in [1.165, 1.54) is 12.4 Å². The van der Waals surface area contributed by atoms with Crippen LogP contribution in [0, 0.1) is 5.92 Å². The summed E-state index contributed by atoms with van der Waals surface area (Å²) in [6.45, 7) is 4.03. The second-order valence-corrected chi connectivity index (χ2v) is 7.07. The number of anilines is 1. The van der Waals surface area contributed by atoms with Crippen molar-refractivity contribution in [2.75, 3.05) is 12.4 Å². The Labute approximate surface area is 179 Å². The van der Waals surface area contributed by atoms with Gasteiger partial charge in [0.05, 0.1) is 24.0 Å². The Bertz CT molecular complexity index is 983. The van der Waals surface area contributed by atoms with Crippen LogP contribution in [0.4, 0.5) is 16.0 Å². The van der Waals surface area contributed by atoms with Gasteiger partial charge in [-0.2, -0.15) is 4.99 Å². The minimum absolute atomic E-state index is 0.0300. The van der Waals surface area contributed by atoms with Crippen molar-refractivity contribution in [3.63, 3.8) is 0 Å². The highest BCUT2D eigenvalue weighted by Gasteiger charge is 2.43. The number of nitrogens with zero attached hydrogens (tertiary/aromatic N) is 5. The molecule has 1 aromatic heterocycles. The summed E-state index contributed by atoms with van der Waals surface area (Å²) in [5.41, 5.74) is 8.26. The highest BCUT2D eigenvalue weighted by atomic mass is 19.1. The lowest BCUT2D eigenvalue weighted by Gasteiger charge is -2.23. The Balaban J connectivity index is 1.73. The number of hydrogen-bond acceptors (Lipinski definition) is 6. The van der Waals surface area contributed by atoms with Gasteiger partial charge >= 0.3 is 0 Å². The van der Waals surface area contributed by atoms with Gasteiger partial charge in [0, 0.05) is 25.0 Å². The molecule has 0 aromatic carbocycles. The van der Waals surface area contributed by atoms with E-state index in [-0.39, 0.29) is 30.1 Å². The molecular formula is C20H26FN9O. The molecule has 3 rings (SSSR count). The third kappa shape index (κ3) is 5.71. The molecule has 1 aliphatic heterocycles. The number of dihydropyridines is 1. The average Bonchev–Trinajstić information content (AvgIpc) is 3.48. The smallest absolute Gasteiger partial charge is 0.231 e. The first-order chi connectivity index (χ1) is 14.9. The normalized spacial score (nSPS) is 23.7. The van der Waals surface area contributed by atoms with Crippen LogP contribution in [-0.4, -0.2) is 53.1 Å². The molecule has 3 atom stereocenters. The van der Waals surface area contributed by atoms with Crippen molar-refractivity contribution in [2.45, 2.75) is 38.9 Å². The zero-order valence-electron chi connectivity index (χ0n) is 17.6. The molecule has 2 aliphatic rings. The number of allylic oxidation sites excluding steroid dienone is 1. The molecule has 1 saturated carbocycles.